The molecule has 2 N–H and O–H groups in total. The number of nitrogens with zero attached hydrogens (tertiary/aromatic N) is 4. The van der Waals surface area contributed by atoms with Crippen molar-refractivity contribution in [1.29, 1.82) is 0 Å². The maximum absolute atomic E-state index is 11.5. The molecule has 1 saturated heterocycles. The number of hydrogen-bond donors (Lipinski definition) is 2. The molecule has 0 saturated carbocycles. The Morgan fingerprint density at radius 2 is 1.80 bits per heavy atom. The van der Waals surface area contributed by atoms with Crippen LogP contribution in [0.4, 0.5) is 5.82 Å². The Morgan fingerprint density at radius 3 is 2.49 bits per heavy atom. The van der Waals surface area contributed by atoms with Gasteiger partial charge in [-0.1, -0.05) is 54.6 Å². The van der Waals surface area contributed by atoms with Crippen molar-refractivity contribution in [2.24, 2.45) is 0 Å². The van der Waals surface area contributed by atoms with Crippen LogP contribution in [0.15, 0.2) is 67.0 Å². The van der Waals surface area contributed by atoms with E-state index in [1.54, 1.807) is 24.6 Å². The summed E-state index contributed by atoms with van der Waals surface area (Å²) in [6.45, 7) is 5.91. The van der Waals surface area contributed by atoms with E-state index in [-0.39, 0.29) is 18.6 Å². The van der Waals surface area contributed by atoms with Gasteiger partial charge in [-0.25, -0.2) is 9.97 Å². The van der Waals surface area contributed by atoms with Gasteiger partial charge in [0.25, 0.3) is 0 Å². The third-order valence-electron chi connectivity index (χ3n) is 6.47. The van der Waals surface area contributed by atoms with Crippen LogP contribution >= 0.6 is 11.3 Å². The molecule has 5 rings (SSSR count). The lowest BCUT2D eigenvalue weighted by molar-refractivity contribution is -0.130. The average molecular weight is 488 g/mol. The van der Waals surface area contributed by atoms with Crippen LogP contribution in [0.3, 0.4) is 0 Å². The molecule has 0 radical (unpaired) electrons. The van der Waals surface area contributed by atoms with E-state index in [0.29, 0.717) is 0 Å². The summed E-state index contributed by atoms with van der Waals surface area (Å²) < 4.78 is 0.976. The van der Waals surface area contributed by atoms with E-state index >= 15 is 0 Å². The maximum atomic E-state index is 11.5. The van der Waals surface area contributed by atoms with Gasteiger partial charge in [-0.2, -0.15) is 0 Å². The van der Waals surface area contributed by atoms with Gasteiger partial charge in [-0.05, 0) is 22.8 Å². The molecule has 1 aliphatic heterocycles. The first-order valence-corrected chi connectivity index (χ1v) is 12.7. The molecule has 4 aromatic rings. The second kappa shape index (κ2) is 10.5. The van der Waals surface area contributed by atoms with Gasteiger partial charge in [-0.3, -0.25) is 9.69 Å². The zero-order chi connectivity index (χ0) is 24.2. The highest BCUT2D eigenvalue weighted by Crippen LogP contribution is 2.36. The van der Waals surface area contributed by atoms with Crippen molar-refractivity contribution in [3.05, 3.63) is 78.1 Å². The van der Waals surface area contributed by atoms with Crippen LogP contribution in [0, 0.1) is 0 Å². The van der Waals surface area contributed by atoms with Crippen LogP contribution < -0.4 is 5.32 Å². The Morgan fingerprint density at radius 1 is 1.06 bits per heavy atom. The van der Waals surface area contributed by atoms with Gasteiger partial charge in [0.1, 0.15) is 12.1 Å². The monoisotopic (exact) mass is 487 g/mol. The lowest BCUT2D eigenvalue weighted by Gasteiger charge is -2.34. The van der Waals surface area contributed by atoms with E-state index in [1.165, 1.54) is 5.56 Å². The molecule has 0 spiro atoms. The number of amides is 1. The largest absolute Gasteiger partial charge is 0.394 e. The lowest BCUT2D eigenvalue weighted by atomic mass is 10.1. The van der Waals surface area contributed by atoms with Crippen molar-refractivity contribution in [3.8, 4) is 10.4 Å². The van der Waals surface area contributed by atoms with Gasteiger partial charge in [0, 0.05) is 44.5 Å². The molecule has 0 bridgehead atoms. The van der Waals surface area contributed by atoms with Crippen molar-refractivity contribution < 1.29 is 9.90 Å². The number of aliphatic hydroxyl groups excluding tert-OH is 1. The highest BCUT2D eigenvalue weighted by atomic mass is 32.1. The number of aromatic nitrogens is 2. The minimum absolute atomic E-state index is 0.0288. The van der Waals surface area contributed by atoms with Gasteiger partial charge in [-0.15, -0.1) is 11.3 Å². The summed E-state index contributed by atoms with van der Waals surface area (Å²) >= 11 is 1.65. The highest BCUT2D eigenvalue weighted by Gasteiger charge is 2.19. The first kappa shape index (κ1) is 23.4. The number of fused-ring (bicyclic) bond motifs is 1. The minimum atomic E-state index is -0.239. The van der Waals surface area contributed by atoms with Gasteiger partial charge >= 0.3 is 0 Å². The van der Waals surface area contributed by atoms with Crippen molar-refractivity contribution in [2.75, 3.05) is 38.1 Å². The maximum Gasteiger partial charge on any atom is 0.219 e. The molecule has 180 valence electrons. The van der Waals surface area contributed by atoms with Gasteiger partial charge in [0.05, 0.1) is 22.9 Å². The van der Waals surface area contributed by atoms with Crippen molar-refractivity contribution >= 4 is 33.3 Å². The third-order valence-corrected chi connectivity index (χ3v) is 7.65. The molecule has 35 heavy (non-hydrogen) atoms. The molecular weight excluding hydrogens is 458 g/mol. The number of carbonyl (C=O) groups is 1. The fraction of sp³-hybridized carbons (Fsp3) is 0.296. The number of nitrogens with one attached hydrogen (secondary N) is 1. The van der Waals surface area contributed by atoms with E-state index in [4.69, 9.17) is 0 Å². The molecule has 2 aromatic carbocycles. The predicted molar refractivity (Wildman–Crippen MR) is 140 cm³/mol. The lowest BCUT2D eigenvalue weighted by Crippen LogP contribution is -2.47. The Hall–Kier alpha value is -3.33. The quantitative estimate of drug-likeness (QED) is 0.407. The SMILES string of the molecule is CC(=O)N1CCN(Cc2ccc(-c3cc4ncnc(N[C@H](CO)c5ccccc5)c4s3)cc2)CC1. The zero-order valence-corrected chi connectivity index (χ0v) is 20.5. The summed E-state index contributed by atoms with van der Waals surface area (Å²) in [5, 5.41) is 13.4. The summed E-state index contributed by atoms with van der Waals surface area (Å²) in [6.07, 6.45) is 1.57. The zero-order valence-electron chi connectivity index (χ0n) is 19.7. The topological polar surface area (TPSA) is 81.6 Å². The van der Waals surface area contributed by atoms with E-state index in [9.17, 15) is 9.90 Å². The van der Waals surface area contributed by atoms with Crippen LogP contribution in [0.2, 0.25) is 0 Å². The van der Waals surface area contributed by atoms with E-state index in [2.05, 4.69) is 50.5 Å². The molecule has 7 nitrogen and oxygen atoms in total. The fourth-order valence-electron chi connectivity index (χ4n) is 4.44. The Balaban J connectivity index is 1.30. The smallest absolute Gasteiger partial charge is 0.219 e. The minimum Gasteiger partial charge on any atom is -0.394 e. The third kappa shape index (κ3) is 5.35. The number of piperazine rings is 1. The summed E-state index contributed by atoms with van der Waals surface area (Å²) in [4.78, 5) is 25.9. The first-order chi connectivity index (χ1) is 17.1. The van der Waals surface area contributed by atoms with Crippen LogP contribution in [-0.2, 0) is 11.3 Å². The number of hydrogen-bond acceptors (Lipinski definition) is 7. The summed E-state index contributed by atoms with van der Waals surface area (Å²) in [5.74, 6) is 0.891. The predicted octanol–water partition coefficient (Wildman–Crippen LogP) is 4.17. The molecule has 1 fully saturated rings. The normalized spacial score (nSPS) is 15.3. The number of rotatable bonds is 7. The van der Waals surface area contributed by atoms with E-state index in [0.717, 1.165) is 64.8 Å². The Bertz CT molecular complexity index is 1280. The highest BCUT2D eigenvalue weighted by molar-refractivity contribution is 7.22. The summed E-state index contributed by atoms with van der Waals surface area (Å²) in [6, 6.07) is 20.4. The molecule has 1 amide bonds. The Labute approximate surface area is 209 Å². The standard InChI is InChI=1S/C27H29N5O2S/c1-19(34)32-13-11-31(12-14-32)16-20-7-9-22(10-8-20)25-15-23-26(35-25)27(29-18-28-23)30-24(17-33)21-5-3-2-4-6-21/h2-10,15,18,24,33H,11-14,16-17H2,1H3,(H,28,29,30)/t24-/m1/s1. The van der Waals surface area contributed by atoms with Crippen molar-refractivity contribution in [3.63, 3.8) is 0 Å². The molecule has 1 aliphatic rings. The van der Waals surface area contributed by atoms with Crippen LogP contribution in [0.1, 0.15) is 24.1 Å². The fourth-order valence-corrected chi connectivity index (χ4v) is 5.51. The Kier molecular flexibility index (Phi) is 7.03. The number of thiophene rings is 1. The molecular formula is C27H29N5O2S. The average Bonchev–Trinajstić information content (AvgIpc) is 3.34. The summed E-state index contributed by atoms with van der Waals surface area (Å²) in [5.41, 5.74) is 4.31. The summed E-state index contributed by atoms with van der Waals surface area (Å²) in [7, 11) is 0. The second-order valence-corrected chi connectivity index (χ2v) is 9.87. The molecule has 8 heteroatoms. The van der Waals surface area contributed by atoms with Crippen LogP contribution in [0.25, 0.3) is 20.7 Å². The molecule has 1 atom stereocenters. The van der Waals surface area contributed by atoms with Crippen molar-refractivity contribution in [1.82, 2.24) is 19.8 Å². The molecule has 3 heterocycles. The first-order valence-electron chi connectivity index (χ1n) is 11.8. The second-order valence-electron chi connectivity index (χ2n) is 8.82. The van der Waals surface area contributed by atoms with E-state index < -0.39 is 0 Å². The number of carbonyl (C=O) groups excluding carboxylic acids is 1. The number of aliphatic hydroxyl groups is 1. The molecule has 0 unspecified atom stereocenters. The molecule has 2 aromatic heterocycles. The molecule has 0 aliphatic carbocycles. The number of benzene rings is 2. The van der Waals surface area contributed by atoms with Gasteiger partial charge in [0.15, 0.2) is 0 Å². The van der Waals surface area contributed by atoms with Crippen LogP contribution in [-0.4, -0.2) is 63.6 Å². The van der Waals surface area contributed by atoms with Crippen molar-refractivity contribution in [2.45, 2.75) is 19.5 Å². The van der Waals surface area contributed by atoms with E-state index in [1.807, 2.05) is 35.2 Å². The van der Waals surface area contributed by atoms with Gasteiger partial charge in [0.2, 0.25) is 5.91 Å². The number of anilines is 1. The van der Waals surface area contributed by atoms with Crippen LogP contribution in [0.5, 0.6) is 0 Å². The van der Waals surface area contributed by atoms with Gasteiger partial charge < -0.3 is 15.3 Å².